The number of nitrogens with two attached hydrogens (primary N) is 1. The summed E-state index contributed by atoms with van der Waals surface area (Å²) in [6.45, 7) is 7.18. The fourth-order valence-electron chi connectivity index (χ4n) is 2.55. The number of ether oxygens (including phenoxy) is 2. The topological polar surface area (TPSA) is 64.7 Å². The maximum absolute atomic E-state index is 10.0. The highest BCUT2D eigenvalue weighted by Gasteiger charge is 2.25. The molecule has 18 heavy (non-hydrogen) atoms. The van der Waals surface area contributed by atoms with E-state index in [9.17, 15) is 5.11 Å². The van der Waals surface area contributed by atoms with Crippen molar-refractivity contribution < 1.29 is 14.6 Å². The van der Waals surface area contributed by atoms with Crippen LogP contribution in [0.4, 0.5) is 0 Å². The summed E-state index contributed by atoms with van der Waals surface area (Å²) in [5.74, 6) is 0. The summed E-state index contributed by atoms with van der Waals surface area (Å²) < 4.78 is 11.6. The second-order valence-corrected chi connectivity index (χ2v) is 5.61. The molecule has 0 aliphatic carbocycles. The van der Waals surface area contributed by atoms with Gasteiger partial charge in [0.15, 0.2) is 0 Å². The Hall–Kier alpha value is -0.160. The van der Waals surface area contributed by atoms with E-state index in [1.165, 1.54) is 0 Å². The molecule has 1 saturated heterocycles. The molecule has 0 aromatic heterocycles. The van der Waals surface area contributed by atoms with Crippen molar-refractivity contribution in [3.05, 3.63) is 0 Å². The Bertz CT molecular complexity index is 221. The van der Waals surface area contributed by atoms with E-state index in [2.05, 4.69) is 13.8 Å². The van der Waals surface area contributed by atoms with Crippen molar-refractivity contribution in [2.75, 3.05) is 13.2 Å². The highest BCUT2D eigenvalue weighted by molar-refractivity contribution is 4.78. The van der Waals surface area contributed by atoms with E-state index in [0.717, 1.165) is 19.3 Å². The number of hydrogen-bond acceptors (Lipinski definition) is 4. The van der Waals surface area contributed by atoms with Gasteiger partial charge in [0.2, 0.25) is 0 Å². The molecule has 1 aliphatic heterocycles. The zero-order valence-corrected chi connectivity index (χ0v) is 12.0. The predicted molar refractivity (Wildman–Crippen MR) is 72.5 cm³/mol. The molecule has 0 radical (unpaired) electrons. The average molecular weight is 259 g/mol. The van der Waals surface area contributed by atoms with Crippen LogP contribution in [-0.4, -0.2) is 42.2 Å². The summed E-state index contributed by atoms with van der Waals surface area (Å²) in [7, 11) is 0. The Morgan fingerprint density at radius 3 is 2.44 bits per heavy atom. The van der Waals surface area contributed by atoms with Crippen LogP contribution in [0.25, 0.3) is 0 Å². The quantitative estimate of drug-likeness (QED) is 0.685. The third kappa shape index (κ3) is 5.22. The molecule has 0 bridgehead atoms. The van der Waals surface area contributed by atoms with Crippen LogP contribution in [0.1, 0.15) is 52.9 Å². The van der Waals surface area contributed by atoms with Gasteiger partial charge >= 0.3 is 0 Å². The largest absolute Gasteiger partial charge is 0.389 e. The predicted octanol–water partition coefficient (Wildman–Crippen LogP) is 1.84. The van der Waals surface area contributed by atoms with Gasteiger partial charge in [-0.05, 0) is 46.0 Å². The first-order valence-corrected chi connectivity index (χ1v) is 7.18. The van der Waals surface area contributed by atoms with Crippen molar-refractivity contribution >= 4 is 0 Å². The van der Waals surface area contributed by atoms with Gasteiger partial charge in [-0.25, -0.2) is 0 Å². The van der Waals surface area contributed by atoms with Crippen molar-refractivity contribution in [3.63, 3.8) is 0 Å². The lowest BCUT2D eigenvalue weighted by atomic mass is 9.95. The third-order valence-electron chi connectivity index (χ3n) is 3.83. The summed E-state index contributed by atoms with van der Waals surface area (Å²) in [5.41, 5.74) is 4.86. The number of rotatable bonds is 7. The van der Waals surface area contributed by atoms with Gasteiger partial charge in [0.25, 0.3) is 0 Å². The zero-order valence-electron chi connectivity index (χ0n) is 12.0. The lowest BCUT2D eigenvalue weighted by Crippen LogP contribution is -2.37. The van der Waals surface area contributed by atoms with Gasteiger partial charge in [-0.2, -0.15) is 0 Å². The number of hydrogen-bond donors (Lipinski definition) is 2. The summed E-state index contributed by atoms with van der Waals surface area (Å²) >= 11 is 0. The van der Waals surface area contributed by atoms with Crippen LogP contribution in [0, 0.1) is 0 Å². The number of aliphatic hydroxyl groups is 1. The van der Waals surface area contributed by atoms with E-state index in [1.807, 2.05) is 6.92 Å². The summed E-state index contributed by atoms with van der Waals surface area (Å²) in [4.78, 5) is 0. The Kier molecular flexibility index (Phi) is 6.57. The van der Waals surface area contributed by atoms with Gasteiger partial charge in [0, 0.05) is 13.2 Å². The van der Waals surface area contributed by atoms with Crippen molar-refractivity contribution in [3.8, 4) is 0 Å². The summed E-state index contributed by atoms with van der Waals surface area (Å²) in [5, 5.41) is 10.0. The fourth-order valence-corrected chi connectivity index (χ4v) is 2.55. The molecule has 3 atom stereocenters. The first-order valence-electron chi connectivity index (χ1n) is 7.18. The normalized spacial score (nSPS) is 32.2. The summed E-state index contributed by atoms with van der Waals surface area (Å²) in [6, 6.07) is 0. The van der Waals surface area contributed by atoms with Crippen molar-refractivity contribution in [2.45, 2.75) is 76.8 Å². The second kappa shape index (κ2) is 7.43. The van der Waals surface area contributed by atoms with E-state index in [1.54, 1.807) is 0 Å². The summed E-state index contributed by atoms with van der Waals surface area (Å²) in [6.07, 6.45) is 5.10. The molecule has 0 amide bonds. The molecule has 3 N–H and O–H groups in total. The molecule has 0 aromatic carbocycles. The maximum Gasteiger partial charge on any atom is 0.0767 e. The minimum atomic E-state index is -0.709. The molecular formula is C14H29NO3. The van der Waals surface area contributed by atoms with E-state index in [4.69, 9.17) is 15.2 Å². The Balaban J connectivity index is 2.17. The molecule has 108 valence electrons. The molecule has 1 rings (SSSR count). The Morgan fingerprint density at radius 2 is 1.94 bits per heavy atom. The van der Waals surface area contributed by atoms with E-state index < -0.39 is 5.60 Å². The van der Waals surface area contributed by atoms with Crippen LogP contribution in [0.15, 0.2) is 0 Å². The van der Waals surface area contributed by atoms with Crippen LogP contribution in [0.5, 0.6) is 0 Å². The first kappa shape index (κ1) is 15.9. The minimum Gasteiger partial charge on any atom is -0.389 e. The molecule has 1 fully saturated rings. The van der Waals surface area contributed by atoms with Gasteiger partial charge < -0.3 is 20.3 Å². The molecule has 3 unspecified atom stereocenters. The second-order valence-electron chi connectivity index (χ2n) is 5.61. The van der Waals surface area contributed by atoms with Gasteiger partial charge in [-0.3, -0.25) is 0 Å². The molecule has 4 nitrogen and oxygen atoms in total. The van der Waals surface area contributed by atoms with Crippen molar-refractivity contribution in [1.82, 2.24) is 0 Å². The Morgan fingerprint density at radius 1 is 1.33 bits per heavy atom. The van der Waals surface area contributed by atoms with Gasteiger partial charge in [0.05, 0.1) is 23.9 Å². The average Bonchev–Trinajstić information content (AvgIpc) is 2.33. The van der Waals surface area contributed by atoms with E-state index in [0.29, 0.717) is 32.1 Å². The first-order chi connectivity index (χ1) is 8.49. The van der Waals surface area contributed by atoms with Crippen molar-refractivity contribution in [1.29, 1.82) is 0 Å². The molecular weight excluding hydrogens is 230 g/mol. The van der Waals surface area contributed by atoms with E-state index in [-0.39, 0.29) is 12.2 Å². The fraction of sp³-hybridized carbons (Fsp3) is 1.00. The van der Waals surface area contributed by atoms with Gasteiger partial charge in [0.1, 0.15) is 0 Å². The lowest BCUT2D eigenvalue weighted by Gasteiger charge is -2.32. The van der Waals surface area contributed by atoms with Gasteiger partial charge in [-0.1, -0.05) is 6.92 Å². The van der Waals surface area contributed by atoms with Crippen molar-refractivity contribution in [2.24, 2.45) is 5.73 Å². The van der Waals surface area contributed by atoms with Crippen LogP contribution in [0.3, 0.4) is 0 Å². The third-order valence-corrected chi connectivity index (χ3v) is 3.83. The molecule has 0 saturated carbocycles. The molecule has 1 heterocycles. The molecule has 0 aromatic rings. The molecule has 0 spiro atoms. The Labute approximate surface area is 111 Å². The highest BCUT2D eigenvalue weighted by Crippen LogP contribution is 2.22. The van der Waals surface area contributed by atoms with Crippen LogP contribution in [-0.2, 0) is 9.47 Å². The standard InChI is InChI=1S/C14H29NO3/c1-4-14(16,10-15)6-5-7-17-13-8-11(2)18-12(3)9-13/h11-13,16H,4-10,15H2,1-3H3. The maximum atomic E-state index is 10.0. The monoisotopic (exact) mass is 259 g/mol. The molecule has 1 aliphatic rings. The van der Waals surface area contributed by atoms with E-state index >= 15 is 0 Å². The zero-order chi connectivity index (χ0) is 13.6. The highest BCUT2D eigenvalue weighted by atomic mass is 16.5. The minimum absolute atomic E-state index is 0.287. The smallest absolute Gasteiger partial charge is 0.0767 e. The van der Waals surface area contributed by atoms with Gasteiger partial charge in [-0.15, -0.1) is 0 Å². The SMILES string of the molecule is CCC(O)(CN)CCCOC1CC(C)OC(C)C1. The molecule has 4 heteroatoms. The lowest BCUT2D eigenvalue weighted by molar-refractivity contribution is -0.104. The van der Waals surface area contributed by atoms with Crippen LogP contribution >= 0.6 is 0 Å². The van der Waals surface area contributed by atoms with Crippen LogP contribution in [0.2, 0.25) is 0 Å². The van der Waals surface area contributed by atoms with Crippen LogP contribution < -0.4 is 5.73 Å².